The summed E-state index contributed by atoms with van der Waals surface area (Å²) >= 11 is 0. The van der Waals surface area contributed by atoms with Crippen LogP contribution in [0.1, 0.15) is 87.5 Å². The second kappa shape index (κ2) is 14.8. The molecule has 1 amide bonds. The highest BCUT2D eigenvalue weighted by atomic mass is 16.5. The molecule has 2 unspecified atom stereocenters. The number of carboxylic acids is 1. The van der Waals surface area contributed by atoms with Crippen molar-refractivity contribution in [1.82, 2.24) is 4.90 Å². The molecular weight excluding hydrogens is 370 g/mol. The maximum absolute atomic E-state index is 12.9. The molecule has 0 saturated carbocycles. The van der Waals surface area contributed by atoms with Crippen LogP contribution in [0.3, 0.4) is 0 Å². The van der Waals surface area contributed by atoms with Gasteiger partial charge in [-0.1, -0.05) is 55.4 Å². The first-order valence-corrected chi connectivity index (χ1v) is 11.0. The van der Waals surface area contributed by atoms with Gasteiger partial charge in [-0.25, -0.2) is 0 Å². The number of hydrogen-bond donors (Lipinski definition) is 1. The maximum Gasteiger partial charge on any atom is 0.303 e. The van der Waals surface area contributed by atoms with E-state index in [2.05, 4.69) is 27.7 Å². The minimum atomic E-state index is -0.771. The summed E-state index contributed by atoms with van der Waals surface area (Å²) in [5.74, 6) is -0.646. The van der Waals surface area contributed by atoms with Gasteiger partial charge in [0.1, 0.15) is 0 Å². The Bertz CT molecular complexity index is 462. The summed E-state index contributed by atoms with van der Waals surface area (Å²) in [6.07, 6.45) is 2.89. The molecule has 6 heteroatoms. The van der Waals surface area contributed by atoms with E-state index in [1.807, 2.05) is 32.6 Å². The molecule has 0 aliphatic carbocycles. The zero-order chi connectivity index (χ0) is 23.3. The van der Waals surface area contributed by atoms with E-state index in [1.54, 1.807) is 14.2 Å². The number of amides is 1. The van der Waals surface area contributed by atoms with Crippen molar-refractivity contribution in [3.63, 3.8) is 0 Å². The average Bonchev–Trinajstić information content (AvgIpc) is 3.06. The molecule has 0 aromatic rings. The van der Waals surface area contributed by atoms with E-state index in [4.69, 9.17) is 14.6 Å². The maximum atomic E-state index is 12.9. The standard InChI is InChI=1S/C19H35NO5.2C2H6/c1-18(2,8-7-17(22)23)13-19(3,4)10-16(21)20-11-15(25-6)9-14(20)12-24-5;2*1-2/h14-15H,7-13H2,1-6H3,(H,22,23);2*1-2H3. The lowest BCUT2D eigenvalue weighted by molar-refractivity contribution is -0.138. The summed E-state index contributed by atoms with van der Waals surface area (Å²) < 4.78 is 10.7. The molecule has 1 heterocycles. The molecular formula is C23H47NO5. The summed E-state index contributed by atoms with van der Waals surface area (Å²) in [6.45, 7) is 17.5. The molecule has 174 valence electrons. The van der Waals surface area contributed by atoms with Crippen LogP contribution in [0.4, 0.5) is 0 Å². The lowest BCUT2D eigenvalue weighted by Gasteiger charge is -2.36. The Balaban J connectivity index is 0. The van der Waals surface area contributed by atoms with Gasteiger partial charge in [0, 0.05) is 33.6 Å². The molecule has 0 bridgehead atoms. The Morgan fingerprint density at radius 3 is 2.03 bits per heavy atom. The third-order valence-corrected chi connectivity index (χ3v) is 4.99. The molecule has 1 aliphatic heterocycles. The van der Waals surface area contributed by atoms with Gasteiger partial charge in [0.05, 0.1) is 18.8 Å². The molecule has 29 heavy (non-hydrogen) atoms. The van der Waals surface area contributed by atoms with Crippen LogP contribution >= 0.6 is 0 Å². The Morgan fingerprint density at radius 2 is 1.59 bits per heavy atom. The van der Waals surface area contributed by atoms with Crippen molar-refractivity contribution in [1.29, 1.82) is 0 Å². The smallest absolute Gasteiger partial charge is 0.303 e. The van der Waals surface area contributed by atoms with Gasteiger partial charge in [0.2, 0.25) is 5.91 Å². The van der Waals surface area contributed by atoms with E-state index in [0.29, 0.717) is 26.0 Å². The normalized spacial score (nSPS) is 19.0. The Kier molecular flexibility index (Phi) is 15.3. The molecule has 1 saturated heterocycles. The van der Waals surface area contributed by atoms with Crippen LogP contribution in [0, 0.1) is 10.8 Å². The first-order valence-electron chi connectivity index (χ1n) is 11.0. The van der Waals surface area contributed by atoms with Crippen LogP contribution in [0.5, 0.6) is 0 Å². The SMILES string of the molecule is CC.CC.COCC1CC(OC)CN1C(=O)CC(C)(C)CC(C)(C)CCC(=O)O. The number of carbonyl (C=O) groups excluding carboxylic acids is 1. The van der Waals surface area contributed by atoms with Crippen molar-refractivity contribution in [3.05, 3.63) is 0 Å². The van der Waals surface area contributed by atoms with E-state index in [9.17, 15) is 9.59 Å². The van der Waals surface area contributed by atoms with Crippen LogP contribution in [0.25, 0.3) is 0 Å². The lowest BCUT2D eigenvalue weighted by atomic mass is 9.71. The van der Waals surface area contributed by atoms with E-state index in [1.165, 1.54) is 0 Å². The van der Waals surface area contributed by atoms with Crippen molar-refractivity contribution >= 4 is 11.9 Å². The fraction of sp³-hybridized carbons (Fsp3) is 0.913. The van der Waals surface area contributed by atoms with Gasteiger partial charge in [0.15, 0.2) is 0 Å². The van der Waals surface area contributed by atoms with Gasteiger partial charge in [-0.15, -0.1) is 0 Å². The minimum absolute atomic E-state index is 0.0678. The van der Waals surface area contributed by atoms with Crippen molar-refractivity contribution in [2.75, 3.05) is 27.4 Å². The fourth-order valence-corrected chi connectivity index (χ4v) is 4.10. The molecule has 1 N–H and O–H groups in total. The summed E-state index contributed by atoms with van der Waals surface area (Å²) in [7, 11) is 3.33. The summed E-state index contributed by atoms with van der Waals surface area (Å²) in [4.78, 5) is 25.6. The number of aliphatic carboxylic acids is 1. The van der Waals surface area contributed by atoms with Crippen molar-refractivity contribution in [2.24, 2.45) is 10.8 Å². The van der Waals surface area contributed by atoms with Crippen LogP contribution in [0.15, 0.2) is 0 Å². The zero-order valence-electron chi connectivity index (χ0n) is 20.6. The van der Waals surface area contributed by atoms with E-state index in [0.717, 1.165) is 12.8 Å². The van der Waals surface area contributed by atoms with E-state index < -0.39 is 5.97 Å². The topological polar surface area (TPSA) is 76.1 Å². The molecule has 2 atom stereocenters. The highest BCUT2D eigenvalue weighted by molar-refractivity contribution is 5.77. The average molecular weight is 418 g/mol. The third-order valence-electron chi connectivity index (χ3n) is 4.99. The highest BCUT2D eigenvalue weighted by Crippen LogP contribution is 2.40. The monoisotopic (exact) mass is 417 g/mol. The quantitative estimate of drug-likeness (QED) is 0.541. The predicted octanol–water partition coefficient (Wildman–Crippen LogP) is 5.00. The molecule has 0 aromatic carbocycles. The Morgan fingerprint density at radius 1 is 1.03 bits per heavy atom. The van der Waals surface area contributed by atoms with E-state index in [-0.39, 0.29) is 35.3 Å². The molecule has 6 nitrogen and oxygen atoms in total. The van der Waals surface area contributed by atoms with Crippen LogP contribution in [0.2, 0.25) is 0 Å². The number of ether oxygens (including phenoxy) is 2. The summed E-state index contributed by atoms with van der Waals surface area (Å²) in [5.41, 5.74) is -0.309. The van der Waals surface area contributed by atoms with Crippen LogP contribution in [-0.4, -0.2) is 61.4 Å². The van der Waals surface area contributed by atoms with Crippen molar-refractivity contribution in [2.45, 2.75) is 99.6 Å². The van der Waals surface area contributed by atoms with Gasteiger partial charge in [0.25, 0.3) is 0 Å². The summed E-state index contributed by atoms with van der Waals surface area (Å²) in [5, 5.41) is 8.91. The first kappa shape index (κ1) is 30.1. The van der Waals surface area contributed by atoms with E-state index >= 15 is 0 Å². The largest absolute Gasteiger partial charge is 0.481 e. The minimum Gasteiger partial charge on any atom is -0.481 e. The number of methoxy groups -OCH3 is 2. The molecule has 0 radical (unpaired) electrons. The van der Waals surface area contributed by atoms with Gasteiger partial charge in [-0.3, -0.25) is 9.59 Å². The Labute approximate surface area is 179 Å². The van der Waals surface area contributed by atoms with Crippen LogP contribution in [-0.2, 0) is 19.1 Å². The number of carboxylic acid groups (broad SMARTS) is 1. The van der Waals surface area contributed by atoms with Crippen molar-refractivity contribution in [3.8, 4) is 0 Å². The number of nitrogens with zero attached hydrogens (tertiary/aromatic N) is 1. The molecule has 1 aliphatic rings. The number of hydrogen-bond acceptors (Lipinski definition) is 4. The molecule has 0 aromatic heterocycles. The second-order valence-corrected chi connectivity index (χ2v) is 8.82. The first-order chi connectivity index (χ1) is 13.5. The van der Waals surface area contributed by atoms with Gasteiger partial charge in [-0.2, -0.15) is 0 Å². The van der Waals surface area contributed by atoms with Gasteiger partial charge in [-0.05, 0) is 30.1 Å². The number of rotatable bonds is 10. The zero-order valence-corrected chi connectivity index (χ0v) is 20.6. The fourth-order valence-electron chi connectivity index (χ4n) is 4.10. The van der Waals surface area contributed by atoms with Gasteiger partial charge < -0.3 is 19.5 Å². The molecule has 1 rings (SSSR count). The molecule has 0 spiro atoms. The third kappa shape index (κ3) is 12.2. The van der Waals surface area contributed by atoms with Gasteiger partial charge >= 0.3 is 5.97 Å². The number of carbonyl (C=O) groups is 2. The molecule has 1 fully saturated rings. The van der Waals surface area contributed by atoms with Crippen molar-refractivity contribution < 1.29 is 24.2 Å². The predicted molar refractivity (Wildman–Crippen MR) is 119 cm³/mol. The lowest BCUT2D eigenvalue weighted by Crippen LogP contribution is -2.41. The summed E-state index contributed by atoms with van der Waals surface area (Å²) in [6, 6.07) is 0.0678. The second-order valence-electron chi connectivity index (χ2n) is 8.82. The number of likely N-dealkylation sites (tertiary alicyclic amines) is 1. The van der Waals surface area contributed by atoms with Crippen LogP contribution < -0.4 is 0 Å². The Hall–Kier alpha value is -1.14. The highest BCUT2D eigenvalue weighted by Gasteiger charge is 2.38.